The number of benzene rings is 3. The molecule has 3 aromatic rings. The van der Waals surface area contributed by atoms with Crippen molar-refractivity contribution in [2.45, 2.75) is 32.3 Å². The minimum absolute atomic E-state index is 0.0588. The molecule has 0 saturated heterocycles. The zero-order valence-corrected chi connectivity index (χ0v) is 21.8. The summed E-state index contributed by atoms with van der Waals surface area (Å²) in [6.45, 7) is 3.89. The highest BCUT2D eigenvalue weighted by molar-refractivity contribution is 6.15. The Balaban J connectivity index is 1.61. The summed E-state index contributed by atoms with van der Waals surface area (Å²) in [6.07, 6.45) is 1.63. The Morgan fingerprint density at radius 2 is 1.58 bits per heavy atom. The van der Waals surface area contributed by atoms with Crippen molar-refractivity contribution < 1.29 is 38.0 Å². The number of allylic oxidation sites excluding steroid dienone is 1. The lowest BCUT2D eigenvalue weighted by Crippen LogP contribution is -2.22. The molecule has 0 fully saturated rings. The van der Waals surface area contributed by atoms with Crippen LogP contribution in [0.15, 0.2) is 54.3 Å². The fraction of sp³-hybridized carbons (Fsp3) is 0.267. The first-order chi connectivity index (χ1) is 18.3. The third-order valence-corrected chi connectivity index (χ3v) is 6.46. The third-order valence-electron chi connectivity index (χ3n) is 6.46. The molecule has 3 aromatic carbocycles. The first kappa shape index (κ1) is 25.2. The molecular weight excluding hydrogens is 488 g/mol. The molecule has 196 valence electrons. The van der Waals surface area contributed by atoms with E-state index in [-0.39, 0.29) is 30.0 Å². The van der Waals surface area contributed by atoms with E-state index in [0.717, 1.165) is 5.56 Å². The molecule has 0 aliphatic carbocycles. The fourth-order valence-corrected chi connectivity index (χ4v) is 4.81. The number of ketones is 1. The van der Waals surface area contributed by atoms with Gasteiger partial charge in [0.25, 0.3) is 0 Å². The molecule has 0 spiro atoms. The van der Waals surface area contributed by atoms with Crippen molar-refractivity contribution in [2.75, 3.05) is 21.3 Å². The topological polar surface area (TPSA) is 89.5 Å². The summed E-state index contributed by atoms with van der Waals surface area (Å²) < 4.78 is 34.1. The fourth-order valence-electron chi connectivity index (χ4n) is 4.81. The van der Waals surface area contributed by atoms with Gasteiger partial charge in [0.05, 0.1) is 39.4 Å². The van der Waals surface area contributed by atoms with E-state index in [9.17, 15) is 9.59 Å². The van der Waals surface area contributed by atoms with Gasteiger partial charge in [0.15, 0.2) is 17.3 Å². The average molecular weight is 517 g/mol. The van der Waals surface area contributed by atoms with Crippen LogP contribution in [0.1, 0.15) is 53.2 Å². The van der Waals surface area contributed by atoms with Crippen LogP contribution < -0.4 is 28.4 Å². The van der Waals surface area contributed by atoms with Crippen molar-refractivity contribution in [3.63, 3.8) is 0 Å². The smallest absolute Gasteiger partial charge is 0.312 e. The van der Waals surface area contributed by atoms with E-state index >= 15 is 0 Å². The molecule has 0 aromatic heterocycles. The van der Waals surface area contributed by atoms with E-state index < -0.39 is 5.92 Å². The summed E-state index contributed by atoms with van der Waals surface area (Å²) in [6, 6.07) is 14.2. The maximum Gasteiger partial charge on any atom is 0.312 e. The molecular formula is C30H28O8. The van der Waals surface area contributed by atoms with Gasteiger partial charge < -0.3 is 28.4 Å². The molecule has 0 bridgehead atoms. The number of carbonyl (C=O) groups excluding carboxylic acids is 2. The minimum atomic E-state index is -0.418. The third kappa shape index (κ3) is 4.42. The second-order valence-corrected chi connectivity index (χ2v) is 9.18. The summed E-state index contributed by atoms with van der Waals surface area (Å²) in [5.74, 6) is 1.90. The quantitative estimate of drug-likeness (QED) is 0.229. The molecule has 8 heteroatoms. The van der Waals surface area contributed by atoms with Crippen molar-refractivity contribution in [1.29, 1.82) is 0 Å². The summed E-state index contributed by atoms with van der Waals surface area (Å²) >= 11 is 0. The number of fused-ring (bicyclic) bond motifs is 3. The van der Waals surface area contributed by atoms with E-state index in [0.29, 0.717) is 51.2 Å². The number of hydrogen-bond acceptors (Lipinski definition) is 8. The van der Waals surface area contributed by atoms with Gasteiger partial charge in [-0.3, -0.25) is 9.59 Å². The van der Waals surface area contributed by atoms with Gasteiger partial charge in [-0.2, -0.15) is 0 Å². The number of rotatable bonds is 7. The number of esters is 1. The van der Waals surface area contributed by atoms with Gasteiger partial charge in [-0.05, 0) is 44.2 Å². The average Bonchev–Trinajstić information content (AvgIpc) is 3.22. The van der Waals surface area contributed by atoms with Crippen LogP contribution in [0.25, 0.3) is 6.08 Å². The predicted molar refractivity (Wildman–Crippen MR) is 140 cm³/mol. The van der Waals surface area contributed by atoms with E-state index in [2.05, 4.69) is 0 Å². The van der Waals surface area contributed by atoms with Crippen LogP contribution in [0.4, 0.5) is 0 Å². The molecule has 2 aliphatic heterocycles. The van der Waals surface area contributed by atoms with Crippen molar-refractivity contribution in [3.05, 3.63) is 76.5 Å². The van der Waals surface area contributed by atoms with Crippen LogP contribution >= 0.6 is 0 Å². The van der Waals surface area contributed by atoms with Crippen molar-refractivity contribution in [3.8, 4) is 34.5 Å². The zero-order valence-electron chi connectivity index (χ0n) is 21.8. The molecule has 0 saturated carbocycles. The van der Waals surface area contributed by atoms with E-state index in [1.165, 1.54) is 21.3 Å². The second-order valence-electron chi connectivity index (χ2n) is 9.18. The first-order valence-electron chi connectivity index (χ1n) is 12.2. The SMILES string of the molecule is COc1cc(OC)c(OC)cc1/C=C1\Oc2c(ccc3c2[C@H](c2ccccc2OC(C)C)CC(=O)O3)C1=O. The monoisotopic (exact) mass is 516 g/mol. The van der Waals surface area contributed by atoms with Gasteiger partial charge in [-0.15, -0.1) is 0 Å². The Labute approximate surface area is 220 Å². The highest BCUT2D eigenvalue weighted by atomic mass is 16.5. The summed E-state index contributed by atoms with van der Waals surface area (Å²) in [5.41, 5.74) is 2.42. The number of Topliss-reactive ketones (excluding diaryl/α,β-unsaturated/α-hetero) is 1. The van der Waals surface area contributed by atoms with E-state index in [4.69, 9.17) is 28.4 Å². The van der Waals surface area contributed by atoms with Gasteiger partial charge in [0, 0.05) is 28.7 Å². The van der Waals surface area contributed by atoms with Gasteiger partial charge >= 0.3 is 5.97 Å². The molecule has 2 heterocycles. The lowest BCUT2D eigenvalue weighted by Gasteiger charge is -2.28. The van der Waals surface area contributed by atoms with Crippen LogP contribution in [-0.4, -0.2) is 39.2 Å². The lowest BCUT2D eigenvalue weighted by atomic mass is 9.84. The normalized spacial score (nSPS) is 17.0. The standard InChI is InChI=1S/C30H28O8/c1-16(2)36-21-9-7-6-8-18(21)20-14-27(31)37-22-11-10-19-29(32)26(38-30(19)28(20)22)13-17-12-24(34-4)25(35-5)15-23(17)33-3/h6-13,15-16,20H,14H2,1-5H3/b26-13-/t20-/m0/s1. The van der Waals surface area contributed by atoms with Crippen molar-refractivity contribution in [1.82, 2.24) is 0 Å². The minimum Gasteiger partial charge on any atom is -0.496 e. The van der Waals surface area contributed by atoms with Gasteiger partial charge in [0.1, 0.15) is 23.0 Å². The van der Waals surface area contributed by atoms with E-state index in [1.807, 2.05) is 38.1 Å². The largest absolute Gasteiger partial charge is 0.496 e. The summed E-state index contributed by atoms with van der Waals surface area (Å²) in [5, 5.41) is 0. The Bertz CT molecular complexity index is 1450. The highest BCUT2D eigenvalue weighted by Gasteiger charge is 2.39. The van der Waals surface area contributed by atoms with Crippen LogP contribution in [0.2, 0.25) is 0 Å². The van der Waals surface area contributed by atoms with Crippen LogP contribution in [0.5, 0.6) is 34.5 Å². The first-order valence-corrected chi connectivity index (χ1v) is 12.2. The predicted octanol–water partition coefficient (Wildman–Crippen LogP) is 5.56. The van der Waals surface area contributed by atoms with Gasteiger partial charge in [-0.25, -0.2) is 0 Å². The molecule has 5 rings (SSSR count). The maximum atomic E-state index is 13.5. The Kier molecular flexibility index (Phi) is 6.72. The van der Waals surface area contributed by atoms with Crippen LogP contribution in [0, 0.1) is 0 Å². The zero-order chi connectivity index (χ0) is 27.0. The summed E-state index contributed by atoms with van der Waals surface area (Å²) in [4.78, 5) is 26.0. The van der Waals surface area contributed by atoms with Crippen LogP contribution in [0.3, 0.4) is 0 Å². The molecule has 1 atom stereocenters. The maximum absolute atomic E-state index is 13.5. The Hall–Kier alpha value is -4.46. The highest BCUT2D eigenvalue weighted by Crippen LogP contribution is 2.50. The molecule has 0 unspecified atom stereocenters. The molecule has 8 nitrogen and oxygen atoms in total. The number of hydrogen-bond donors (Lipinski definition) is 0. The number of ether oxygens (including phenoxy) is 6. The summed E-state index contributed by atoms with van der Waals surface area (Å²) in [7, 11) is 4.59. The Morgan fingerprint density at radius 1 is 0.868 bits per heavy atom. The number of para-hydroxylation sites is 1. The molecule has 0 amide bonds. The van der Waals surface area contributed by atoms with E-state index in [1.54, 1.807) is 30.3 Å². The molecule has 0 radical (unpaired) electrons. The van der Waals surface area contributed by atoms with Gasteiger partial charge in [-0.1, -0.05) is 18.2 Å². The second kappa shape index (κ2) is 10.1. The molecule has 38 heavy (non-hydrogen) atoms. The number of carbonyl (C=O) groups is 2. The van der Waals surface area contributed by atoms with Crippen LogP contribution in [-0.2, 0) is 4.79 Å². The molecule has 2 aliphatic rings. The molecule has 0 N–H and O–H groups in total. The van der Waals surface area contributed by atoms with Crippen molar-refractivity contribution >= 4 is 17.8 Å². The van der Waals surface area contributed by atoms with Crippen molar-refractivity contribution in [2.24, 2.45) is 0 Å². The lowest BCUT2D eigenvalue weighted by molar-refractivity contribution is -0.135. The Morgan fingerprint density at radius 3 is 2.29 bits per heavy atom. The number of methoxy groups -OCH3 is 3. The van der Waals surface area contributed by atoms with Gasteiger partial charge in [0.2, 0.25) is 5.78 Å².